The highest BCUT2D eigenvalue weighted by molar-refractivity contribution is 5.18. The summed E-state index contributed by atoms with van der Waals surface area (Å²) in [7, 11) is 0. The Hall–Kier alpha value is -0.780. The van der Waals surface area contributed by atoms with Crippen LogP contribution in [0, 0.1) is 11.8 Å². The number of hydrogen-bond acceptors (Lipinski definition) is 0. The molecule has 0 N–H and O–H groups in total. The lowest BCUT2D eigenvalue weighted by molar-refractivity contribution is 0.328. The Balaban J connectivity index is 1.89. The predicted molar refractivity (Wildman–Crippen MR) is 70.6 cm³/mol. The maximum atomic E-state index is 2.45. The third kappa shape index (κ3) is 2.87. The van der Waals surface area contributed by atoms with E-state index in [1.165, 1.54) is 37.7 Å². The molecule has 1 saturated carbocycles. The molecule has 0 radical (unpaired) electrons. The van der Waals surface area contributed by atoms with Gasteiger partial charge in [0.25, 0.3) is 0 Å². The molecule has 1 aliphatic carbocycles. The first kappa shape index (κ1) is 11.7. The molecule has 88 valence electrons. The summed E-state index contributed by atoms with van der Waals surface area (Å²) in [5, 5.41) is 0. The van der Waals surface area contributed by atoms with Crippen LogP contribution < -0.4 is 0 Å². The molecule has 0 heterocycles. The van der Waals surface area contributed by atoms with Crippen molar-refractivity contribution in [3.8, 4) is 0 Å². The van der Waals surface area contributed by atoms with E-state index in [1.807, 2.05) is 0 Å². The third-order valence-corrected chi connectivity index (χ3v) is 4.30. The van der Waals surface area contributed by atoms with Crippen molar-refractivity contribution >= 4 is 0 Å². The summed E-state index contributed by atoms with van der Waals surface area (Å²) < 4.78 is 0. The van der Waals surface area contributed by atoms with Crippen molar-refractivity contribution in [2.75, 3.05) is 0 Å². The van der Waals surface area contributed by atoms with Gasteiger partial charge in [0.1, 0.15) is 0 Å². The van der Waals surface area contributed by atoms with Gasteiger partial charge in [-0.3, -0.25) is 0 Å². The SMILES string of the molecule is C[C@H](C[C@H](C)c1ccccc1)C1CCCC1. The van der Waals surface area contributed by atoms with Crippen molar-refractivity contribution < 1.29 is 0 Å². The van der Waals surface area contributed by atoms with E-state index in [0.717, 1.165) is 17.8 Å². The van der Waals surface area contributed by atoms with E-state index in [1.54, 1.807) is 0 Å². The van der Waals surface area contributed by atoms with E-state index in [0.29, 0.717) is 0 Å². The lowest BCUT2D eigenvalue weighted by Gasteiger charge is -2.22. The van der Waals surface area contributed by atoms with Gasteiger partial charge in [-0.25, -0.2) is 0 Å². The summed E-state index contributed by atoms with van der Waals surface area (Å²) in [6.07, 6.45) is 7.24. The molecule has 1 fully saturated rings. The maximum Gasteiger partial charge on any atom is -0.0188 e. The zero-order valence-electron chi connectivity index (χ0n) is 10.7. The van der Waals surface area contributed by atoms with E-state index in [2.05, 4.69) is 44.2 Å². The minimum Gasteiger partial charge on any atom is -0.0622 e. The lowest BCUT2D eigenvalue weighted by Crippen LogP contribution is -2.11. The molecule has 0 heteroatoms. The Morgan fingerprint density at radius 1 is 1.06 bits per heavy atom. The van der Waals surface area contributed by atoms with Crippen molar-refractivity contribution in [1.82, 2.24) is 0 Å². The second-order valence-corrected chi connectivity index (χ2v) is 5.57. The van der Waals surface area contributed by atoms with Crippen molar-refractivity contribution in [3.05, 3.63) is 35.9 Å². The van der Waals surface area contributed by atoms with Gasteiger partial charge in [-0.2, -0.15) is 0 Å². The van der Waals surface area contributed by atoms with Crippen LogP contribution in [-0.4, -0.2) is 0 Å². The van der Waals surface area contributed by atoms with E-state index in [9.17, 15) is 0 Å². The second-order valence-electron chi connectivity index (χ2n) is 5.57. The van der Waals surface area contributed by atoms with Gasteiger partial charge in [-0.15, -0.1) is 0 Å². The van der Waals surface area contributed by atoms with Gasteiger partial charge in [-0.05, 0) is 29.7 Å². The summed E-state index contributed by atoms with van der Waals surface area (Å²) in [5.74, 6) is 2.63. The van der Waals surface area contributed by atoms with Gasteiger partial charge in [0, 0.05) is 0 Å². The Bertz CT molecular complexity index is 295. The van der Waals surface area contributed by atoms with Gasteiger partial charge in [-0.1, -0.05) is 69.9 Å². The molecule has 0 nitrogen and oxygen atoms in total. The highest BCUT2D eigenvalue weighted by Crippen LogP contribution is 2.36. The molecule has 1 aliphatic rings. The Morgan fingerprint density at radius 2 is 1.69 bits per heavy atom. The van der Waals surface area contributed by atoms with Crippen molar-refractivity contribution in [1.29, 1.82) is 0 Å². The molecule has 0 saturated heterocycles. The highest BCUT2D eigenvalue weighted by Gasteiger charge is 2.23. The van der Waals surface area contributed by atoms with Crippen LogP contribution in [0.1, 0.15) is 57.4 Å². The number of rotatable bonds is 4. The zero-order valence-corrected chi connectivity index (χ0v) is 10.7. The maximum absolute atomic E-state index is 2.45. The third-order valence-electron chi connectivity index (χ3n) is 4.30. The van der Waals surface area contributed by atoms with Gasteiger partial charge in [0.2, 0.25) is 0 Å². The largest absolute Gasteiger partial charge is 0.0622 e. The Labute approximate surface area is 100 Å². The topological polar surface area (TPSA) is 0 Å². The predicted octanol–water partition coefficient (Wildman–Crippen LogP) is 5.01. The van der Waals surface area contributed by atoms with Crippen LogP contribution in [0.4, 0.5) is 0 Å². The molecule has 1 aromatic carbocycles. The lowest BCUT2D eigenvalue weighted by atomic mass is 9.83. The molecule has 0 amide bonds. The minimum atomic E-state index is 0.719. The first-order chi connectivity index (χ1) is 7.77. The first-order valence-corrected chi connectivity index (χ1v) is 6.82. The fraction of sp³-hybridized carbons (Fsp3) is 0.625. The molecule has 0 aromatic heterocycles. The molecule has 1 aromatic rings. The van der Waals surface area contributed by atoms with Crippen LogP contribution in [-0.2, 0) is 0 Å². The fourth-order valence-electron chi connectivity index (χ4n) is 3.19. The van der Waals surface area contributed by atoms with Crippen LogP contribution in [0.2, 0.25) is 0 Å². The van der Waals surface area contributed by atoms with Crippen molar-refractivity contribution in [2.24, 2.45) is 11.8 Å². The molecule has 0 spiro atoms. The van der Waals surface area contributed by atoms with Crippen molar-refractivity contribution in [2.45, 2.75) is 51.9 Å². The highest BCUT2D eigenvalue weighted by atomic mass is 14.3. The fourth-order valence-corrected chi connectivity index (χ4v) is 3.19. The normalized spacial score (nSPS) is 20.9. The summed E-state index contributed by atoms with van der Waals surface area (Å²) in [5.41, 5.74) is 1.51. The van der Waals surface area contributed by atoms with Gasteiger partial charge in [0.15, 0.2) is 0 Å². The molecule has 0 bridgehead atoms. The molecular formula is C16H24. The number of benzene rings is 1. The molecule has 2 rings (SSSR count). The summed E-state index contributed by atoms with van der Waals surface area (Å²) in [6.45, 7) is 4.83. The van der Waals surface area contributed by atoms with E-state index >= 15 is 0 Å². The van der Waals surface area contributed by atoms with Crippen LogP contribution >= 0.6 is 0 Å². The number of hydrogen-bond donors (Lipinski definition) is 0. The second kappa shape index (κ2) is 5.52. The molecule has 2 atom stereocenters. The Morgan fingerprint density at radius 3 is 2.31 bits per heavy atom. The monoisotopic (exact) mass is 216 g/mol. The van der Waals surface area contributed by atoms with Gasteiger partial charge >= 0.3 is 0 Å². The zero-order chi connectivity index (χ0) is 11.4. The Kier molecular flexibility index (Phi) is 4.04. The summed E-state index contributed by atoms with van der Waals surface area (Å²) in [6, 6.07) is 11.0. The first-order valence-electron chi connectivity index (χ1n) is 6.82. The van der Waals surface area contributed by atoms with Crippen LogP contribution in [0.25, 0.3) is 0 Å². The van der Waals surface area contributed by atoms with Crippen LogP contribution in [0.3, 0.4) is 0 Å². The standard InChI is InChI=1S/C16H24/c1-13(15-8-4-3-5-9-15)12-14(2)16-10-6-7-11-16/h3-5,8-9,13-14,16H,6-7,10-12H2,1-2H3/t13-,14+/m0/s1. The van der Waals surface area contributed by atoms with Gasteiger partial charge in [0.05, 0.1) is 0 Å². The van der Waals surface area contributed by atoms with E-state index in [4.69, 9.17) is 0 Å². The summed E-state index contributed by atoms with van der Waals surface area (Å²) in [4.78, 5) is 0. The smallest absolute Gasteiger partial charge is 0.0188 e. The molecule has 16 heavy (non-hydrogen) atoms. The molecule has 0 aliphatic heterocycles. The average molecular weight is 216 g/mol. The van der Waals surface area contributed by atoms with E-state index < -0.39 is 0 Å². The van der Waals surface area contributed by atoms with Crippen LogP contribution in [0.15, 0.2) is 30.3 Å². The van der Waals surface area contributed by atoms with Crippen molar-refractivity contribution in [3.63, 3.8) is 0 Å². The average Bonchev–Trinajstić information content (AvgIpc) is 2.83. The molecule has 0 unspecified atom stereocenters. The van der Waals surface area contributed by atoms with Gasteiger partial charge < -0.3 is 0 Å². The van der Waals surface area contributed by atoms with Crippen LogP contribution in [0.5, 0.6) is 0 Å². The summed E-state index contributed by atoms with van der Waals surface area (Å²) >= 11 is 0. The minimum absolute atomic E-state index is 0.719. The quantitative estimate of drug-likeness (QED) is 0.664. The molecular weight excluding hydrogens is 192 g/mol. The van der Waals surface area contributed by atoms with E-state index in [-0.39, 0.29) is 0 Å².